The fourth-order valence-electron chi connectivity index (χ4n) is 1.60. The Labute approximate surface area is 117 Å². The van der Waals surface area contributed by atoms with E-state index in [-0.39, 0.29) is 29.1 Å². The van der Waals surface area contributed by atoms with Crippen molar-refractivity contribution in [1.82, 2.24) is 10.2 Å². The fraction of sp³-hybridized carbons (Fsp3) is 0.385. The Morgan fingerprint density at radius 2 is 2.11 bits per heavy atom. The molecule has 0 unspecified atom stereocenters. The summed E-state index contributed by atoms with van der Waals surface area (Å²) in [5, 5.41) is 11.9. The Hall–Kier alpha value is -1.75. The van der Waals surface area contributed by atoms with Gasteiger partial charge in [-0.1, -0.05) is 18.5 Å². The van der Waals surface area contributed by atoms with Gasteiger partial charge in [-0.25, -0.2) is 0 Å². The molecule has 1 aromatic carbocycles. The first kappa shape index (κ1) is 15.3. The van der Waals surface area contributed by atoms with Crippen molar-refractivity contribution in [3.05, 3.63) is 28.8 Å². The van der Waals surface area contributed by atoms with E-state index in [0.29, 0.717) is 12.1 Å². The minimum absolute atomic E-state index is 0.00166. The Balaban J connectivity index is 2.91. The van der Waals surface area contributed by atoms with Crippen molar-refractivity contribution < 1.29 is 14.7 Å². The third kappa shape index (κ3) is 4.13. The SMILES string of the molecule is CCCN(CC(=O)NC)C(=O)c1ccc(O)c(Cl)c1. The number of nitrogens with one attached hydrogen (secondary N) is 1. The summed E-state index contributed by atoms with van der Waals surface area (Å²) < 4.78 is 0. The van der Waals surface area contributed by atoms with Crippen LogP contribution < -0.4 is 5.32 Å². The standard InChI is InChI=1S/C13H17ClN2O3/c1-3-6-16(8-12(18)15-2)13(19)9-4-5-11(17)10(14)7-9/h4-5,7,17H,3,6,8H2,1-2H3,(H,15,18). The van der Waals surface area contributed by atoms with E-state index in [1.807, 2.05) is 6.92 Å². The van der Waals surface area contributed by atoms with E-state index in [2.05, 4.69) is 5.32 Å². The lowest BCUT2D eigenvalue weighted by molar-refractivity contribution is -0.121. The first-order valence-corrected chi connectivity index (χ1v) is 6.35. The number of benzene rings is 1. The average Bonchev–Trinajstić information content (AvgIpc) is 2.40. The van der Waals surface area contributed by atoms with E-state index < -0.39 is 0 Å². The monoisotopic (exact) mass is 284 g/mol. The number of amides is 2. The molecule has 6 heteroatoms. The van der Waals surface area contributed by atoms with Crippen LogP contribution in [0.4, 0.5) is 0 Å². The Morgan fingerprint density at radius 3 is 2.63 bits per heavy atom. The molecule has 0 bridgehead atoms. The van der Waals surface area contributed by atoms with E-state index >= 15 is 0 Å². The second-order valence-electron chi connectivity index (χ2n) is 4.07. The number of nitrogens with zero attached hydrogens (tertiary/aromatic N) is 1. The predicted molar refractivity (Wildman–Crippen MR) is 73.4 cm³/mol. The molecule has 2 amide bonds. The van der Waals surface area contributed by atoms with Crippen LogP contribution in [0.1, 0.15) is 23.7 Å². The van der Waals surface area contributed by atoms with Crippen molar-refractivity contribution in [2.75, 3.05) is 20.1 Å². The molecule has 104 valence electrons. The third-order valence-corrected chi connectivity index (χ3v) is 2.89. The normalized spacial score (nSPS) is 10.1. The van der Waals surface area contributed by atoms with Crippen LogP contribution in [0.5, 0.6) is 5.75 Å². The van der Waals surface area contributed by atoms with Crippen LogP contribution in [0.15, 0.2) is 18.2 Å². The molecule has 0 aliphatic heterocycles. The minimum atomic E-state index is -0.285. The molecular formula is C13H17ClN2O3. The average molecular weight is 285 g/mol. The largest absolute Gasteiger partial charge is 0.506 e. The van der Waals surface area contributed by atoms with Gasteiger partial charge in [-0.3, -0.25) is 9.59 Å². The molecule has 5 nitrogen and oxygen atoms in total. The van der Waals surface area contributed by atoms with Crippen molar-refractivity contribution in [2.24, 2.45) is 0 Å². The molecule has 0 aromatic heterocycles. The maximum atomic E-state index is 12.3. The van der Waals surface area contributed by atoms with Crippen LogP contribution >= 0.6 is 11.6 Å². The van der Waals surface area contributed by atoms with Gasteiger partial charge in [-0.05, 0) is 24.6 Å². The van der Waals surface area contributed by atoms with Gasteiger partial charge in [0.2, 0.25) is 5.91 Å². The van der Waals surface area contributed by atoms with Gasteiger partial charge in [-0.2, -0.15) is 0 Å². The van der Waals surface area contributed by atoms with Crippen molar-refractivity contribution in [1.29, 1.82) is 0 Å². The molecule has 0 radical (unpaired) electrons. The Bertz CT molecular complexity index is 477. The maximum absolute atomic E-state index is 12.3. The molecule has 0 atom stereocenters. The summed E-state index contributed by atoms with van der Waals surface area (Å²) in [4.78, 5) is 25.1. The second-order valence-corrected chi connectivity index (χ2v) is 4.47. The lowest BCUT2D eigenvalue weighted by Crippen LogP contribution is -2.40. The van der Waals surface area contributed by atoms with Crippen LogP contribution in [0.25, 0.3) is 0 Å². The quantitative estimate of drug-likeness (QED) is 0.864. The third-order valence-electron chi connectivity index (χ3n) is 2.59. The number of phenolic OH excluding ortho intramolecular Hbond substituents is 1. The highest BCUT2D eigenvalue weighted by Crippen LogP contribution is 2.24. The van der Waals surface area contributed by atoms with E-state index in [0.717, 1.165) is 6.42 Å². The summed E-state index contributed by atoms with van der Waals surface area (Å²) in [6.45, 7) is 2.40. The Morgan fingerprint density at radius 1 is 1.42 bits per heavy atom. The zero-order valence-electron chi connectivity index (χ0n) is 10.9. The van der Waals surface area contributed by atoms with Gasteiger partial charge in [0.15, 0.2) is 0 Å². The molecule has 0 heterocycles. The highest BCUT2D eigenvalue weighted by Gasteiger charge is 2.18. The maximum Gasteiger partial charge on any atom is 0.254 e. The lowest BCUT2D eigenvalue weighted by atomic mass is 10.2. The molecule has 0 spiro atoms. The van der Waals surface area contributed by atoms with Crippen LogP contribution in [0, 0.1) is 0 Å². The van der Waals surface area contributed by atoms with Gasteiger partial charge in [0.1, 0.15) is 5.75 Å². The van der Waals surface area contributed by atoms with Crippen molar-refractivity contribution >= 4 is 23.4 Å². The molecular weight excluding hydrogens is 268 g/mol. The van der Waals surface area contributed by atoms with Crippen molar-refractivity contribution in [2.45, 2.75) is 13.3 Å². The van der Waals surface area contributed by atoms with Crippen LogP contribution in [0.2, 0.25) is 5.02 Å². The summed E-state index contributed by atoms with van der Waals surface area (Å²) in [6, 6.07) is 4.24. The first-order chi connectivity index (χ1) is 8.99. The van der Waals surface area contributed by atoms with Crippen molar-refractivity contribution in [3.63, 3.8) is 0 Å². The van der Waals surface area contributed by atoms with Crippen LogP contribution in [-0.2, 0) is 4.79 Å². The molecule has 0 fully saturated rings. The summed E-state index contributed by atoms with van der Waals surface area (Å²) in [5.41, 5.74) is 0.347. The van der Waals surface area contributed by atoms with Gasteiger partial charge in [0.25, 0.3) is 5.91 Å². The Kier molecular flexibility index (Phi) is 5.63. The molecule has 1 aromatic rings. The second kappa shape index (κ2) is 6.99. The molecule has 0 aliphatic carbocycles. The summed E-state index contributed by atoms with van der Waals surface area (Å²) >= 11 is 5.77. The zero-order valence-corrected chi connectivity index (χ0v) is 11.7. The first-order valence-electron chi connectivity index (χ1n) is 5.98. The van der Waals surface area contributed by atoms with Gasteiger partial charge in [0, 0.05) is 19.2 Å². The van der Waals surface area contributed by atoms with E-state index in [1.54, 1.807) is 0 Å². The zero-order chi connectivity index (χ0) is 14.4. The van der Waals surface area contributed by atoms with Crippen LogP contribution in [0.3, 0.4) is 0 Å². The number of rotatable bonds is 5. The summed E-state index contributed by atoms with van der Waals surface area (Å²) in [6.07, 6.45) is 0.745. The predicted octanol–water partition coefficient (Wildman–Crippen LogP) is 1.64. The highest BCUT2D eigenvalue weighted by molar-refractivity contribution is 6.32. The van der Waals surface area contributed by atoms with Crippen molar-refractivity contribution in [3.8, 4) is 5.75 Å². The number of carbonyl (C=O) groups excluding carboxylic acids is 2. The molecule has 0 saturated heterocycles. The number of phenols is 1. The van der Waals surface area contributed by atoms with E-state index in [4.69, 9.17) is 11.6 Å². The van der Waals surface area contributed by atoms with E-state index in [1.165, 1.54) is 30.1 Å². The van der Waals surface area contributed by atoms with Gasteiger partial charge in [0.05, 0.1) is 11.6 Å². The van der Waals surface area contributed by atoms with Crippen LogP contribution in [-0.4, -0.2) is 42.0 Å². The summed E-state index contributed by atoms with van der Waals surface area (Å²) in [5.74, 6) is -0.592. The number of aromatic hydroxyl groups is 1. The smallest absolute Gasteiger partial charge is 0.254 e. The van der Waals surface area contributed by atoms with E-state index in [9.17, 15) is 14.7 Å². The minimum Gasteiger partial charge on any atom is -0.506 e. The number of carbonyl (C=O) groups is 2. The number of hydrogen-bond acceptors (Lipinski definition) is 3. The molecule has 2 N–H and O–H groups in total. The number of halogens is 1. The fourth-order valence-corrected chi connectivity index (χ4v) is 1.78. The van der Waals surface area contributed by atoms with Gasteiger partial charge in [-0.15, -0.1) is 0 Å². The number of hydrogen-bond donors (Lipinski definition) is 2. The summed E-state index contributed by atoms with van der Waals surface area (Å²) in [7, 11) is 1.52. The molecule has 1 rings (SSSR count). The topological polar surface area (TPSA) is 69.6 Å². The highest BCUT2D eigenvalue weighted by atomic mass is 35.5. The molecule has 0 aliphatic rings. The number of likely N-dealkylation sites (N-methyl/N-ethyl adjacent to an activating group) is 1. The van der Waals surface area contributed by atoms with Gasteiger partial charge >= 0.3 is 0 Å². The molecule has 19 heavy (non-hydrogen) atoms. The lowest BCUT2D eigenvalue weighted by Gasteiger charge is -2.21. The molecule has 0 saturated carbocycles. The van der Waals surface area contributed by atoms with Gasteiger partial charge < -0.3 is 15.3 Å².